The zero-order chi connectivity index (χ0) is 21.7. The molecule has 3 amide bonds. The van der Waals surface area contributed by atoms with E-state index in [1.54, 1.807) is 12.1 Å². The normalized spacial score (nSPS) is 14.2. The van der Waals surface area contributed by atoms with Gasteiger partial charge < -0.3 is 5.32 Å². The third kappa shape index (κ3) is 5.02. The Bertz CT molecular complexity index is 1040. The Morgan fingerprint density at radius 1 is 0.800 bits per heavy atom. The molecule has 0 aliphatic carbocycles. The molecule has 2 aromatic carbocycles. The number of nitrogens with zero attached hydrogens (tertiary/aromatic N) is 1. The zero-order valence-electron chi connectivity index (χ0n) is 16.3. The van der Waals surface area contributed by atoms with Crippen LogP contribution in [0.3, 0.4) is 0 Å². The third-order valence-corrected chi connectivity index (χ3v) is 6.49. The van der Waals surface area contributed by atoms with Crippen molar-refractivity contribution in [3.63, 3.8) is 0 Å². The first-order valence-electron chi connectivity index (χ1n) is 9.36. The molecule has 10 heteroatoms. The van der Waals surface area contributed by atoms with Gasteiger partial charge in [-0.05, 0) is 61.4 Å². The lowest BCUT2D eigenvalue weighted by Crippen LogP contribution is -2.41. The minimum atomic E-state index is -3.55. The predicted octanol–water partition coefficient (Wildman–Crippen LogP) is 1.50. The van der Waals surface area contributed by atoms with Crippen molar-refractivity contribution in [2.45, 2.75) is 24.7 Å². The van der Waals surface area contributed by atoms with Gasteiger partial charge in [0.2, 0.25) is 15.9 Å². The molecule has 1 saturated heterocycles. The molecule has 0 bridgehead atoms. The van der Waals surface area contributed by atoms with Crippen molar-refractivity contribution in [1.82, 2.24) is 15.2 Å². The maximum atomic E-state index is 12.5. The average molecular weight is 430 g/mol. The molecule has 0 atom stereocenters. The minimum absolute atomic E-state index is 0.129. The average Bonchev–Trinajstić information content (AvgIpc) is 3.28. The Balaban J connectivity index is 1.58. The molecule has 30 heavy (non-hydrogen) atoms. The number of carbonyl (C=O) groups is 3. The first kappa shape index (κ1) is 21.5. The van der Waals surface area contributed by atoms with Crippen molar-refractivity contribution in [2.24, 2.45) is 0 Å². The van der Waals surface area contributed by atoms with E-state index in [0.29, 0.717) is 18.8 Å². The molecule has 9 nitrogen and oxygen atoms in total. The second-order valence-corrected chi connectivity index (χ2v) is 8.74. The van der Waals surface area contributed by atoms with E-state index in [9.17, 15) is 22.8 Å². The monoisotopic (exact) mass is 430 g/mol. The molecule has 0 aromatic heterocycles. The number of sulfonamides is 1. The Hall–Kier alpha value is -3.24. The summed E-state index contributed by atoms with van der Waals surface area (Å²) in [6, 6.07) is 11.7. The molecule has 2 aromatic rings. The van der Waals surface area contributed by atoms with Crippen LogP contribution in [0.5, 0.6) is 0 Å². The number of nitrogens with one attached hydrogen (secondary N) is 3. The van der Waals surface area contributed by atoms with Gasteiger partial charge in [0.05, 0.1) is 4.90 Å². The van der Waals surface area contributed by atoms with Crippen LogP contribution in [0.1, 0.15) is 40.5 Å². The lowest BCUT2D eigenvalue weighted by Gasteiger charge is -2.15. The van der Waals surface area contributed by atoms with E-state index in [4.69, 9.17) is 0 Å². The maximum absolute atomic E-state index is 12.5. The van der Waals surface area contributed by atoms with E-state index in [1.807, 2.05) is 0 Å². The number of hydrogen-bond donors (Lipinski definition) is 3. The van der Waals surface area contributed by atoms with Gasteiger partial charge in [0, 0.05) is 36.8 Å². The summed E-state index contributed by atoms with van der Waals surface area (Å²) in [4.78, 5) is 35.5. The van der Waals surface area contributed by atoms with Gasteiger partial charge in [0.1, 0.15) is 0 Å². The molecule has 1 aliphatic rings. The number of anilines is 1. The van der Waals surface area contributed by atoms with E-state index < -0.39 is 21.8 Å². The molecule has 1 fully saturated rings. The van der Waals surface area contributed by atoms with Gasteiger partial charge in [0.15, 0.2) is 0 Å². The molecule has 1 aliphatic heterocycles. The summed E-state index contributed by atoms with van der Waals surface area (Å²) < 4.78 is 26.5. The highest BCUT2D eigenvalue weighted by atomic mass is 32.2. The molecule has 3 rings (SSSR count). The molecular formula is C20H22N4O5S. The number of amides is 3. The van der Waals surface area contributed by atoms with Gasteiger partial charge in [-0.2, -0.15) is 4.31 Å². The summed E-state index contributed by atoms with van der Waals surface area (Å²) in [5.41, 5.74) is 5.63. The summed E-state index contributed by atoms with van der Waals surface area (Å²) in [7, 11) is -3.55. The van der Waals surface area contributed by atoms with Crippen LogP contribution < -0.4 is 16.2 Å². The summed E-state index contributed by atoms with van der Waals surface area (Å²) >= 11 is 0. The fourth-order valence-electron chi connectivity index (χ4n) is 3.02. The van der Waals surface area contributed by atoms with Crippen LogP contribution in [0.2, 0.25) is 0 Å². The highest BCUT2D eigenvalue weighted by Crippen LogP contribution is 2.21. The molecule has 0 radical (unpaired) electrons. The lowest BCUT2D eigenvalue weighted by molar-refractivity contribution is -0.114. The summed E-state index contributed by atoms with van der Waals surface area (Å²) in [5.74, 6) is -1.34. The van der Waals surface area contributed by atoms with E-state index in [-0.39, 0.29) is 21.9 Å². The number of benzene rings is 2. The molecule has 0 spiro atoms. The van der Waals surface area contributed by atoms with Crippen molar-refractivity contribution in [3.8, 4) is 0 Å². The van der Waals surface area contributed by atoms with Crippen LogP contribution in [-0.2, 0) is 14.8 Å². The molecule has 3 N–H and O–H groups in total. The van der Waals surface area contributed by atoms with Crippen LogP contribution in [0.4, 0.5) is 5.69 Å². The van der Waals surface area contributed by atoms with Crippen molar-refractivity contribution in [2.75, 3.05) is 18.4 Å². The van der Waals surface area contributed by atoms with Crippen LogP contribution in [0, 0.1) is 0 Å². The highest BCUT2D eigenvalue weighted by Gasteiger charge is 2.27. The van der Waals surface area contributed by atoms with Crippen molar-refractivity contribution in [3.05, 3.63) is 59.7 Å². The topological polar surface area (TPSA) is 125 Å². The van der Waals surface area contributed by atoms with Gasteiger partial charge in [0.25, 0.3) is 11.8 Å². The van der Waals surface area contributed by atoms with Gasteiger partial charge in [-0.15, -0.1) is 0 Å². The van der Waals surface area contributed by atoms with Gasteiger partial charge >= 0.3 is 0 Å². The number of rotatable bonds is 5. The van der Waals surface area contributed by atoms with E-state index in [2.05, 4.69) is 16.2 Å². The van der Waals surface area contributed by atoms with Crippen molar-refractivity contribution < 1.29 is 22.8 Å². The standard InChI is InChI=1S/C20H22N4O5S/c1-14(25)21-17-8-4-15(5-9-17)19(26)22-23-20(27)16-6-10-18(11-7-16)30(28,29)24-12-2-3-13-24/h4-11H,2-3,12-13H2,1H3,(H,21,25)(H,22,26)(H,23,27). The second kappa shape index (κ2) is 9.06. The number of carbonyl (C=O) groups excluding carboxylic acids is 3. The Labute approximate surface area is 174 Å². The first-order valence-corrected chi connectivity index (χ1v) is 10.8. The zero-order valence-corrected chi connectivity index (χ0v) is 17.2. The van der Waals surface area contributed by atoms with E-state index >= 15 is 0 Å². The molecular weight excluding hydrogens is 408 g/mol. The van der Waals surface area contributed by atoms with Gasteiger partial charge in [-0.1, -0.05) is 0 Å². The Morgan fingerprint density at radius 3 is 1.73 bits per heavy atom. The minimum Gasteiger partial charge on any atom is -0.326 e. The predicted molar refractivity (Wildman–Crippen MR) is 110 cm³/mol. The fraction of sp³-hybridized carbons (Fsp3) is 0.250. The first-order chi connectivity index (χ1) is 14.3. The summed E-state index contributed by atoms with van der Waals surface area (Å²) in [5, 5.41) is 2.59. The number of hydrazine groups is 1. The van der Waals surface area contributed by atoms with E-state index in [0.717, 1.165) is 12.8 Å². The fourth-order valence-corrected chi connectivity index (χ4v) is 4.54. The molecule has 1 heterocycles. The lowest BCUT2D eigenvalue weighted by atomic mass is 10.2. The Morgan fingerprint density at radius 2 is 1.27 bits per heavy atom. The highest BCUT2D eigenvalue weighted by molar-refractivity contribution is 7.89. The van der Waals surface area contributed by atoms with Gasteiger partial charge in [-0.3, -0.25) is 25.2 Å². The molecule has 0 saturated carbocycles. The van der Waals surface area contributed by atoms with E-state index in [1.165, 1.54) is 47.6 Å². The van der Waals surface area contributed by atoms with Crippen LogP contribution in [0.15, 0.2) is 53.4 Å². The number of hydrogen-bond acceptors (Lipinski definition) is 5. The smallest absolute Gasteiger partial charge is 0.269 e. The van der Waals surface area contributed by atoms with Crippen LogP contribution in [-0.4, -0.2) is 43.5 Å². The second-order valence-electron chi connectivity index (χ2n) is 6.80. The van der Waals surface area contributed by atoms with Crippen molar-refractivity contribution in [1.29, 1.82) is 0 Å². The quantitative estimate of drug-likeness (QED) is 0.620. The largest absolute Gasteiger partial charge is 0.326 e. The van der Waals surface area contributed by atoms with Crippen molar-refractivity contribution >= 4 is 33.4 Å². The molecule has 0 unspecified atom stereocenters. The molecule has 158 valence electrons. The Kier molecular flexibility index (Phi) is 6.48. The van der Waals surface area contributed by atoms with Crippen LogP contribution >= 0.6 is 0 Å². The summed E-state index contributed by atoms with van der Waals surface area (Å²) in [6.07, 6.45) is 1.69. The SMILES string of the molecule is CC(=O)Nc1ccc(C(=O)NNC(=O)c2ccc(S(=O)(=O)N3CCCC3)cc2)cc1. The maximum Gasteiger partial charge on any atom is 0.269 e. The summed E-state index contributed by atoms with van der Waals surface area (Å²) in [6.45, 7) is 2.38. The third-order valence-electron chi connectivity index (χ3n) is 4.58. The van der Waals surface area contributed by atoms with Crippen LogP contribution in [0.25, 0.3) is 0 Å². The van der Waals surface area contributed by atoms with Gasteiger partial charge in [-0.25, -0.2) is 8.42 Å².